The van der Waals surface area contributed by atoms with Gasteiger partial charge in [0.05, 0.1) is 19.3 Å². The molecule has 1 aromatic heterocycles. The number of phenolic OH excluding ortho intramolecular Hbond substituents is 3. The summed E-state index contributed by atoms with van der Waals surface area (Å²) in [6, 6.07) is 13.1. The van der Waals surface area contributed by atoms with Gasteiger partial charge < -0.3 is 98.9 Å². The van der Waals surface area contributed by atoms with Gasteiger partial charge in [0.15, 0.2) is 18.2 Å². The Morgan fingerprint density at radius 2 is 1.27 bits per heavy atom. The Morgan fingerprint density at radius 1 is 0.688 bits per heavy atom. The number of aliphatic hydroxyl groups is 9. The van der Waals surface area contributed by atoms with E-state index in [1.165, 1.54) is 49.4 Å². The first-order valence-corrected chi connectivity index (χ1v) is 19.7. The van der Waals surface area contributed by atoms with Gasteiger partial charge in [0, 0.05) is 23.8 Å². The van der Waals surface area contributed by atoms with Gasteiger partial charge in [0.25, 0.3) is 0 Å². The highest BCUT2D eigenvalue weighted by Gasteiger charge is 2.49. The van der Waals surface area contributed by atoms with Gasteiger partial charge in [-0.2, -0.15) is 0 Å². The van der Waals surface area contributed by atoms with E-state index in [4.69, 9.17) is 37.6 Å². The second kappa shape index (κ2) is 19.3. The van der Waals surface area contributed by atoms with Gasteiger partial charge in [-0.15, -0.1) is 0 Å². The number of fused-ring (bicyclic) bond motifs is 1. The summed E-state index contributed by atoms with van der Waals surface area (Å²) in [5.74, 6) is -3.17. The van der Waals surface area contributed by atoms with Crippen LogP contribution in [0, 0.1) is 0 Å². The summed E-state index contributed by atoms with van der Waals surface area (Å²) in [6.45, 7) is -0.0208. The third kappa shape index (κ3) is 9.64. The van der Waals surface area contributed by atoms with Gasteiger partial charge in [-0.1, -0.05) is 12.1 Å². The number of carbonyl (C=O) groups is 1. The summed E-state index contributed by atoms with van der Waals surface area (Å²) in [4.78, 5) is 26.7. The molecule has 15 atom stereocenters. The van der Waals surface area contributed by atoms with E-state index < -0.39 is 134 Å². The van der Waals surface area contributed by atoms with Crippen LogP contribution in [0.15, 0.2) is 76.0 Å². The van der Waals surface area contributed by atoms with Crippen LogP contribution in [-0.2, 0) is 28.5 Å². The topological polar surface area (TPSA) is 355 Å². The molecule has 22 nitrogen and oxygen atoms in total. The van der Waals surface area contributed by atoms with Crippen LogP contribution in [0.2, 0.25) is 0 Å². The zero-order chi connectivity index (χ0) is 46.1. The fourth-order valence-corrected chi connectivity index (χ4v) is 7.22. The van der Waals surface area contributed by atoms with Crippen molar-refractivity contribution in [3.63, 3.8) is 0 Å². The van der Waals surface area contributed by atoms with Crippen LogP contribution in [0.4, 0.5) is 0 Å². The Bertz CT molecular complexity index is 2330. The lowest BCUT2D eigenvalue weighted by molar-refractivity contribution is -0.319. The van der Waals surface area contributed by atoms with Crippen LogP contribution in [0.3, 0.4) is 0 Å². The summed E-state index contributed by atoms with van der Waals surface area (Å²) in [5, 5.41) is 125. The van der Waals surface area contributed by atoms with Crippen molar-refractivity contribution in [2.75, 3.05) is 13.2 Å². The normalized spacial score (nSPS) is 33.2. The van der Waals surface area contributed by atoms with Gasteiger partial charge >= 0.3 is 5.97 Å². The largest absolute Gasteiger partial charge is 0.508 e. The van der Waals surface area contributed by atoms with E-state index in [0.717, 1.165) is 18.2 Å². The first-order valence-electron chi connectivity index (χ1n) is 19.7. The van der Waals surface area contributed by atoms with Crippen molar-refractivity contribution in [1.29, 1.82) is 0 Å². The highest BCUT2D eigenvalue weighted by molar-refractivity contribution is 5.88. The smallest absolute Gasteiger partial charge is 0.331 e. The molecule has 3 saturated heterocycles. The summed E-state index contributed by atoms with van der Waals surface area (Å²) < 4.78 is 45.3. The molecule has 22 heteroatoms. The minimum absolute atomic E-state index is 0.0244. The monoisotopic (exact) mass is 902 g/mol. The van der Waals surface area contributed by atoms with Gasteiger partial charge in [0.1, 0.15) is 95.0 Å². The Balaban J connectivity index is 1.09. The van der Waals surface area contributed by atoms with E-state index in [1.807, 2.05) is 0 Å². The summed E-state index contributed by atoms with van der Waals surface area (Å²) in [7, 11) is 0. The lowest BCUT2D eigenvalue weighted by atomic mass is 9.98. The van der Waals surface area contributed by atoms with Crippen molar-refractivity contribution in [3.8, 4) is 40.1 Å². The SMILES string of the molecule is C[C@@H]1O[C@@H](OC[C@@H]2O[C@@H](Oc3c(-c4ccc(O)cc4)oc4cc(O[C@H]5O[C@@H](CO)[C@H](O)[C@H](O)[C@@H]5O)cc(O)c4c3=O)[C@@H](O)[C@@H](O)[C@H]2O)[C@H](O)[C@@H](O)[C@H]1OC(=O)C=Cc1ccc(O)cc1. The molecule has 0 bridgehead atoms. The molecule has 3 aliphatic rings. The lowest BCUT2D eigenvalue weighted by Gasteiger charge is -2.43. The number of ether oxygens (including phenoxy) is 7. The number of esters is 1. The average molecular weight is 903 g/mol. The van der Waals surface area contributed by atoms with Gasteiger partial charge in [-0.05, 0) is 55.0 Å². The Kier molecular flexibility index (Phi) is 14.1. The van der Waals surface area contributed by atoms with Crippen LogP contribution in [0.25, 0.3) is 28.4 Å². The number of benzene rings is 3. The van der Waals surface area contributed by atoms with Crippen molar-refractivity contribution < 1.29 is 104 Å². The van der Waals surface area contributed by atoms with Crippen molar-refractivity contribution >= 4 is 23.0 Å². The molecule has 0 saturated carbocycles. The van der Waals surface area contributed by atoms with Crippen LogP contribution < -0.4 is 14.9 Å². The number of phenols is 3. The maximum absolute atomic E-state index is 14.2. The maximum atomic E-state index is 14.2. The molecule has 346 valence electrons. The zero-order valence-corrected chi connectivity index (χ0v) is 33.5. The van der Waals surface area contributed by atoms with E-state index in [1.54, 1.807) is 12.1 Å². The van der Waals surface area contributed by atoms with Gasteiger partial charge in [-0.3, -0.25) is 4.79 Å². The predicted octanol–water partition coefficient (Wildman–Crippen LogP) is -1.95. The Hall–Kier alpha value is -5.44. The Labute approximate surface area is 361 Å². The second-order valence-corrected chi connectivity index (χ2v) is 15.3. The minimum Gasteiger partial charge on any atom is -0.508 e. The zero-order valence-electron chi connectivity index (χ0n) is 33.5. The fourth-order valence-electron chi connectivity index (χ4n) is 7.22. The molecule has 3 fully saturated rings. The standard InChI is InChI=1S/C42H46O22/c1-16-37(63-26(47)11-4-17-2-7-19(44)8-3-17)33(53)36(56)40(58-16)57-15-25-29(49)32(52)35(55)42(62-25)64-39-30(50)27-22(46)12-21(59-41-34(54)31(51)28(48)24(14-43)61-41)13-23(27)60-38(39)18-5-9-20(45)10-6-18/h2-13,16,24-25,28-29,31-37,40-46,48-49,51-56H,14-15H2,1H3/t16-,24-,25-,28-,29-,31-,32-,33+,34-,35-,36+,37-,40+,41-,42-/m0/s1. The van der Waals surface area contributed by atoms with Crippen LogP contribution >= 0.6 is 0 Å². The molecule has 0 unspecified atom stereocenters. The van der Waals surface area contributed by atoms with Crippen LogP contribution in [0.1, 0.15) is 12.5 Å². The third-order valence-electron chi connectivity index (χ3n) is 10.8. The average Bonchev–Trinajstić information content (AvgIpc) is 3.27. The quantitative estimate of drug-likeness (QED) is 0.0543. The van der Waals surface area contributed by atoms with E-state index in [2.05, 4.69) is 0 Å². The Morgan fingerprint density at radius 3 is 1.91 bits per heavy atom. The van der Waals surface area contributed by atoms with Crippen molar-refractivity contribution in [2.24, 2.45) is 0 Å². The number of aliphatic hydroxyl groups excluding tert-OH is 9. The van der Waals surface area contributed by atoms with Crippen LogP contribution in [-0.4, -0.2) is 173 Å². The summed E-state index contributed by atoms with van der Waals surface area (Å²) in [5.41, 5.74) is -0.771. The molecule has 0 spiro atoms. The third-order valence-corrected chi connectivity index (χ3v) is 10.8. The molecule has 12 N–H and O–H groups in total. The molecule has 64 heavy (non-hydrogen) atoms. The molecule has 0 amide bonds. The van der Waals surface area contributed by atoms with Gasteiger partial charge in [-0.25, -0.2) is 4.79 Å². The highest BCUT2D eigenvalue weighted by atomic mass is 16.7. The van der Waals surface area contributed by atoms with Gasteiger partial charge in [0.2, 0.25) is 23.8 Å². The minimum atomic E-state index is -2.05. The molecular weight excluding hydrogens is 856 g/mol. The van der Waals surface area contributed by atoms with E-state index in [-0.39, 0.29) is 34.2 Å². The molecular formula is C42H46O22. The number of hydrogen-bond acceptors (Lipinski definition) is 22. The summed E-state index contributed by atoms with van der Waals surface area (Å²) >= 11 is 0. The molecule has 4 aromatic rings. The molecule has 0 radical (unpaired) electrons. The maximum Gasteiger partial charge on any atom is 0.331 e. The first kappa shape index (κ1) is 46.5. The molecule has 7 rings (SSSR count). The highest BCUT2D eigenvalue weighted by Crippen LogP contribution is 2.39. The molecule has 4 heterocycles. The van der Waals surface area contributed by atoms with Crippen LogP contribution in [0.5, 0.6) is 28.7 Å². The number of hydrogen-bond donors (Lipinski definition) is 12. The van der Waals surface area contributed by atoms with E-state index in [0.29, 0.717) is 5.56 Å². The number of aromatic hydroxyl groups is 3. The summed E-state index contributed by atoms with van der Waals surface area (Å²) in [6.07, 6.45) is -22.9. The van der Waals surface area contributed by atoms with Crippen molar-refractivity contribution in [1.82, 2.24) is 0 Å². The van der Waals surface area contributed by atoms with Crippen molar-refractivity contribution in [3.05, 3.63) is 82.5 Å². The predicted molar refractivity (Wildman–Crippen MR) is 212 cm³/mol. The first-order chi connectivity index (χ1) is 30.4. The van der Waals surface area contributed by atoms with E-state index >= 15 is 0 Å². The number of carbonyl (C=O) groups excluding carboxylic acids is 1. The van der Waals surface area contributed by atoms with E-state index in [9.17, 15) is 70.9 Å². The second-order valence-electron chi connectivity index (χ2n) is 15.3. The van der Waals surface area contributed by atoms with Crippen molar-refractivity contribution in [2.45, 2.75) is 99.0 Å². The molecule has 0 aliphatic carbocycles. The molecule has 3 aliphatic heterocycles. The number of rotatable bonds is 12. The molecule has 3 aromatic carbocycles. The fraction of sp³-hybridized carbons (Fsp3) is 0.429. The lowest BCUT2D eigenvalue weighted by Crippen LogP contribution is -2.62.